The molecule has 2 rings (SSSR count). The lowest BCUT2D eigenvalue weighted by atomic mass is 10.0. The van der Waals surface area contributed by atoms with Crippen LogP contribution in [0.4, 0.5) is 4.39 Å². The third kappa shape index (κ3) is 3.60. The molecule has 1 fully saturated rings. The summed E-state index contributed by atoms with van der Waals surface area (Å²) in [4.78, 5) is 14.4. The van der Waals surface area contributed by atoms with Crippen molar-refractivity contribution in [3.05, 3.63) is 35.1 Å². The van der Waals surface area contributed by atoms with E-state index in [1.54, 1.807) is 4.90 Å². The number of benzene rings is 1. The van der Waals surface area contributed by atoms with Crippen LogP contribution in [0.2, 0.25) is 0 Å². The van der Waals surface area contributed by atoms with E-state index in [0.29, 0.717) is 18.7 Å². The third-order valence-electron chi connectivity index (χ3n) is 3.41. The number of rotatable bonds is 1. The Kier molecular flexibility index (Phi) is 4.94. The summed E-state index contributed by atoms with van der Waals surface area (Å²) >= 11 is 0. The molecule has 0 radical (unpaired) electrons. The summed E-state index contributed by atoms with van der Waals surface area (Å²) in [5.41, 5.74) is 6.13. The Labute approximate surface area is 124 Å². The first-order valence-corrected chi connectivity index (χ1v) is 6.94. The van der Waals surface area contributed by atoms with Gasteiger partial charge in [-0.25, -0.2) is 4.39 Å². The summed E-state index contributed by atoms with van der Waals surface area (Å²) in [6.45, 7) is 4.98. The third-order valence-corrected chi connectivity index (χ3v) is 3.41. The van der Waals surface area contributed by atoms with Crippen molar-refractivity contribution < 1.29 is 13.9 Å². The molecule has 2 unspecified atom stereocenters. The van der Waals surface area contributed by atoms with Gasteiger partial charge in [0.25, 0.3) is 5.91 Å². The summed E-state index contributed by atoms with van der Waals surface area (Å²) < 4.78 is 19.0. The average Bonchev–Trinajstić information content (AvgIpc) is 2.47. The summed E-state index contributed by atoms with van der Waals surface area (Å²) in [5, 5.41) is 0. The van der Waals surface area contributed by atoms with Crippen LogP contribution in [0.15, 0.2) is 18.2 Å². The molecule has 21 heavy (non-hydrogen) atoms. The molecule has 0 aromatic heterocycles. The highest BCUT2D eigenvalue weighted by Crippen LogP contribution is 2.18. The van der Waals surface area contributed by atoms with Crippen molar-refractivity contribution in [3.8, 4) is 11.8 Å². The lowest BCUT2D eigenvalue weighted by Gasteiger charge is -2.37. The number of carbonyl (C=O) groups is 1. The molecule has 112 valence electrons. The fourth-order valence-corrected chi connectivity index (χ4v) is 2.29. The van der Waals surface area contributed by atoms with Gasteiger partial charge in [0.1, 0.15) is 5.82 Å². The maximum absolute atomic E-state index is 13.5. The van der Waals surface area contributed by atoms with E-state index in [1.807, 2.05) is 13.8 Å². The molecule has 5 heteroatoms. The molecule has 2 N–H and O–H groups in total. The fourth-order valence-electron chi connectivity index (χ4n) is 2.29. The Morgan fingerprint density at radius 2 is 2.29 bits per heavy atom. The molecule has 1 amide bonds. The van der Waals surface area contributed by atoms with Crippen molar-refractivity contribution >= 4 is 5.91 Å². The van der Waals surface area contributed by atoms with E-state index in [0.717, 1.165) is 0 Å². The molecule has 1 aliphatic rings. The standard InChI is InChI=1S/C16H19FN2O2/c1-11-10-21-12(2)9-19(11)16(20)15-8-14(17)6-5-13(15)4-3-7-18/h5-6,8,11-12H,7,9-10,18H2,1-2H3. The minimum absolute atomic E-state index is 0.0303. The number of nitrogens with two attached hydrogens (primary N) is 1. The number of amides is 1. The van der Waals surface area contributed by atoms with Gasteiger partial charge in [0, 0.05) is 12.1 Å². The second-order valence-electron chi connectivity index (χ2n) is 5.15. The number of hydrogen-bond donors (Lipinski definition) is 1. The number of halogens is 1. The molecular formula is C16H19FN2O2. The van der Waals surface area contributed by atoms with Gasteiger partial charge >= 0.3 is 0 Å². The van der Waals surface area contributed by atoms with Gasteiger partial charge in [0.05, 0.1) is 30.9 Å². The van der Waals surface area contributed by atoms with Crippen LogP contribution in [-0.4, -0.2) is 42.6 Å². The average molecular weight is 290 g/mol. The molecule has 4 nitrogen and oxygen atoms in total. The second kappa shape index (κ2) is 6.70. The van der Waals surface area contributed by atoms with Gasteiger partial charge in [-0.05, 0) is 32.0 Å². The zero-order valence-electron chi connectivity index (χ0n) is 12.2. The van der Waals surface area contributed by atoms with Crippen LogP contribution in [0.1, 0.15) is 29.8 Å². The Bertz CT molecular complexity index is 592. The molecular weight excluding hydrogens is 271 g/mol. The maximum Gasteiger partial charge on any atom is 0.255 e. The summed E-state index contributed by atoms with van der Waals surface area (Å²) in [6, 6.07) is 3.99. The first kappa shape index (κ1) is 15.5. The normalized spacial score (nSPS) is 21.6. The topological polar surface area (TPSA) is 55.6 Å². The Hall–Kier alpha value is -1.90. The van der Waals surface area contributed by atoms with Crippen LogP contribution in [0, 0.1) is 17.7 Å². The molecule has 1 saturated heterocycles. The second-order valence-corrected chi connectivity index (χ2v) is 5.15. The van der Waals surface area contributed by atoms with Gasteiger partial charge in [-0.15, -0.1) is 0 Å². The SMILES string of the molecule is CC1CN(C(=O)c2cc(F)ccc2C#CCN)C(C)CO1. The van der Waals surface area contributed by atoms with Gasteiger partial charge in [-0.3, -0.25) is 4.79 Å². The summed E-state index contributed by atoms with van der Waals surface area (Å²) in [6.07, 6.45) is -0.0303. The number of ether oxygens (including phenoxy) is 1. The molecule has 0 spiro atoms. The van der Waals surface area contributed by atoms with Crippen molar-refractivity contribution in [2.24, 2.45) is 5.73 Å². The van der Waals surface area contributed by atoms with E-state index in [-0.39, 0.29) is 30.2 Å². The van der Waals surface area contributed by atoms with E-state index in [1.165, 1.54) is 18.2 Å². The van der Waals surface area contributed by atoms with Gasteiger partial charge in [-0.2, -0.15) is 0 Å². The zero-order chi connectivity index (χ0) is 15.4. The molecule has 1 aromatic rings. The van der Waals surface area contributed by atoms with Crippen LogP contribution in [0.3, 0.4) is 0 Å². The van der Waals surface area contributed by atoms with E-state index < -0.39 is 5.82 Å². The first-order chi connectivity index (χ1) is 10.0. The summed E-state index contributed by atoms with van der Waals surface area (Å²) in [5.74, 6) is 4.85. The molecule has 1 heterocycles. The predicted molar refractivity (Wildman–Crippen MR) is 78.2 cm³/mol. The van der Waals surface area contributed by atoms with Crippen molar-refractivity contribution in [2.45, 2.75) is 26.0 Å². The first-order valence-electron chi connectivity index (χ1n) is 6.94. The molecule has 1 aromatic carbocycles. The van der Waals surface area contributed by atoms with Gasteiger partial charge in [-0.1, -0.05) is 11.8 Å². The van der Waals surface area contributed by atoms with Crippen molar-refractivity contribution in [1.29, 1.82) is 0 Å². The molecule has 2 atom stereocenters. The Balaban J connectivity index is 2.35. The predicted octanol–water partition coefficient (Wildman–Crippen LogP) is 1.39. The lowest BCUT2D eigenvalue weighted by Crippen LogP contribution is -2.50. The van der Waals surface area contributed by atoms with Crippen LogP contribution in [-0.2, 0) is 4.74 Å². The number of nitrogens with zero attached hydrogens (tertiary/aromatic N) is 1. The highest BCUT2D eigenvalue weighted by molar-refractivity contribution is 5.97. The monoisotopic (exact) mass is 290 g/mol. The number of morpholine rings is 1. The van der Waals surface area contributed by atoms with E-state index in [4.69, 9.17) is 10.5 Å². The number of carbonyl (C=O) groups excluding carboxylic acids is 1. The highest BCUT2D eigenvalue weighted by Gasteiger charge is 2.29. The zero-order valence-corrected chi connectivity index (χ0v) is 12.2. The maximum atomic E-state index is 13.5. The van der Waals surface area contributed by atoms with Gasteiger partial charge in [0.15, 0.2) is 0 Å². The van der Waals surface area contributed by atoms with E-state index in [2.05, 4.69) is 11.8 Å². The Morgan fingerprint density at radius 3 is 3.00 bits per heavy atom. The molecule has 0 bridgehead atoms. The van der Waals surface area contributed by atoms with Crippen molar-refractivity contribution in [3.63, 3.8) is 0 Å². The number of hydrogen-bond acceptors (Lipinski definition) is 3. The van der Waals surface area contributed by atoms with Crippen LogP contribution < -0.4 is 5.73 Å². The smallest absolute Gasteiger partial charge is 0.255 e. The lowest BCUT2D eigenvalue weighted by molar-refractivity contribution is -0.0387. The largest absolute Gasteiger partial charge is 0.375 e. The van der Waals surface area contributed by atoms with Crippen molar-refractivity contribution in [1.82, 2.24) is 4.90 Å². The quantitative estimate of drug-likeness (QED) is 0.795. The van der Waals surface area contributed by atoms with Gasteiger partial charge in [0.2, 0.25) is 0 Å². The minimum atomic E-state index is -0.453. The summed E-state index contributed by atoms with van der Waals surface area (Å²) in [7, 11) is 0. The van der Waals surface area contributed by atoms with E-state index >= 15 is 0 Å². The molecule has 0 saturated carbocycles. The van der Waals surface area contributed by atoms with Crippen LogP contribution in [0.5, 0.6) is 0 Å². The van der Waals surface area contributed by atoms with Gasteiger partial charge < -0.3 is 15.4 Å². The molecule has 1 aliphatic heterocycles. The van der Waals surface area contributed by atoms with E-state index in [9.17, 15) is 9.18 Å². The molecule has 0 aliphatic carbocycles. The van der Waals surface area contributed by atoms with Crippen LogP contribution in [0.25, 0.3) is 0 Å². The Morgan fingerprint density at radius 1 is 1.52 bits per heavy atom. The van der Waals surface area contributed by atoms with Crippen molar-refractivity contribution in [2.75, 3.05) is 19.7 Å². The minimum Gasteiger partial charge on any atom is -0.375 e. The van der Waals surface area contributed by atoms with Crippen LogP contribution >= 0.6 is 0 Å². The highest BCUT2D eigenvalue weighted by atomic mass is 19.1. The fraction of sp³-hybridized carbons (Fsp3) is 0.438.